The van der Waals surface area contributed by atoms with Gasteiger partial charge >= 0.3 is 0 Å². The van der Waals surface area contributed by atoms with Crippen LogP contribution in [0.4, 0.5) is 0 Å². The second kappa shape index (κ2) is 9.44. The lowest BCUT2D eigenvalue weighted by Crippen LogP contribution is -2.00. The Morgan fingerprint density at radius 2 is 1.90 bits per heavy atom. The lowest BCUT2D eigenvalue weighted by atomic mass is 10.1. The van der Waals surface area contributed by atoms with E-state index < -0.39 is 0 Å². The van der Waals surface area contributed by atoms with Crippen LogP contribution in [0.5, 0.6) is 17.4 Å². The summed E-state index contributed by atoms with van der Waals surface area (Å²) in [4.78, 5) is 9.24. The SMILES string of the molecule is COc1cc(C)ccc1Oc1cc(C(C)C)nc(SCc2cccc(C#N)c2)n1. The van der Waals surface area contributed by atoms with Crippen molar-refractivity contribution in [2.24, 2.45) is 0 Å². The minimum absolute atomic E-state index is 0.238. The molecule has 0 saturated heterocycles. The van der Waals surface area contributed by atoms with Crippen LogP contribution < -0.4 is 9.47 Å². The van der Waals surface area contributed by atoms with E-state index in [0.29, 0.717) is 33.9 Å². The summed E-state index contributed by atoms with van der Waals surface area (Å²) in [6, 6.07) is 17.4. The van der Waals surface area contributed by atoms with E-state index in [4.69, 9.17) is 14.7 Å². The monoisotopic (exact) mass is 405 g/mol. The fraction of sp³-hybridized carbons (Fsp3) is 0.261. The predicted molar refractivity (Wildman–Crippen MR) is 115 cm³/mol. The topological polar surface area (TPSA) is 68.0 Å². The van der Waals surface area contributed by atoms with Gasteiger partial charge < -0.3 is 9.47 Å². The van der Waals surface area contributed by atoms with E-state index in [0.717, 1.165) is 16.8 Å². The first kappa shape index (κ1) is 20.7. The zero-order chi connectivity index (χ0) is 20.8. The van der Waals surface area contributed by atoms with E-state index in [1.165, 1.54) is 11.8 Å². The minimum atomic E-state index is 0.238. The number of methoxy groups -OCH3 is 1. The molecule has 0 unspecified atom stereocenters. The molecule has 29 heavy (non-hydrogen) atoms. The van der Waals surface area contributed by atoms with Gasteiger partial charge in [0.25, 0.3) is 0 Å². The third-order valence-electron chi connectivity index (χ3n) is 4.25. The molecule has 148 valence electrons. The van der Waals surface area contributed by atoms with E-state index in [1.807, 2.05) is 49.4 Å². The Balaban J connectivity index is 1.85. The maximum atomic E-state index is 9.07. The van der Waals surface area contributed by atoms with Gasteiger partial charge in [-0.2, -0.15) is 10.2 Å². The molecule has 6 heteroatoms. The Bertz CT molecular complexity index is 1040. The van der Waals surface area contributed by atoms with Gasteiger partial charge in [0.05, 0.1) is 24.4 Å². The highest BCUT2D eigenvalue weighted by atomic mass is 32.2. The first-order valence-corrected chi connectivity index (χ1v) is 10.3. The molecule has 0 aliphatic heterocycles. The van der Waals surface area contributed by atoms with Crippen LogP contribution >= 0.6 is 11.8 Å². The summed E-state index contributed by atoms with van der Waals surface area (Å²) in [7, 11) is 1.62. The molecule has 0 bridgehead atoms. The van der Waals surface area contributed by atoms with Crippen molar-refractivity contribution in [2.75, 3.05) is 7.11 Å². The molecule has 0 spiro atoms. The molecular weight excluding hydrogens is 382 g/mol. The van der Waals surface area contributed by atoms with Gasteiger partial charge in [-0.25, -0.2) is 4.98 Å². The molecule has 0 radical (unpaired) electrons. The van der Waals surface area contributed by atoms with Crippen molar-refractivity contribution in [1.82, 2.24) is 9.97 Å². The van der Waals surface area contributed by atoms with Crippen molar-refractivity contribution >= 4 is 11.8 Å². The van der Waals surface area contributed by atoms with Gasteiger partial charge in [0.15, 0.2) is 16.7 Å². The van der Waals surface area contributed by atoms with E-state index in [2.05, 4.69) is 29.9 Å². The number of nitrogens with zero attached hydrogens (tertiary/aromatic N) is 3. The van der Waals surface area contributed by atoms with Crippen LogP contribution in [-0.4, -0.2) is 17.1 Å². The minimum Gasteiger partial charge on any atom is -0.493 e. The lowest BCUT2D eigenvalue weighted by Gasteiger charge is -2.13. The van der Waals surface area contributed by atoms with E-state index in [-0.39, 0.29) is 5.92 Å². The number of ether oxygens (including phenoxy) is 2. The molecule has 3 rings (SSSR count). The Kier molecular flexibility index (Phi) is 6.73. The van der Waals surface area contributed by atoms with Crippen molar-refractivity contribution in [3.05, 3.63) is 70.9 Å². The van der Waals surface area contributed by atoms with E-state index in [9.17, 15) is 0 Å². The Hall–Kier alpha value is -3.04. The summed E-state index contributed by atoms with van der Waals surface area (Å²) >= 11 is 1.52. The summed E-state index contributed by atoms with van der Waals surface area (Å²) in [6.07, 6.45) is 0. The number of nitriles is 1. The van der Waals surface area contributed by atoms with Crippen LogP contribution in [0.2, 0.25) is 0 Å². The summed E-state index contributed by atoms with van der Waals surface area (Å²) < 4.78 is 11.5. The Labute approximate surface area is 175 Å². The van der Waals surface area contributed by atoms with E-state index >= 15 is 0 Å². The average molecular weight is 406 g/mol. The average Bonchev–Trinajstić information content (AvgIpc) is 2.73. The standard InChI is InChI=1S/C23H23N3O2S/c1-15(2)19-12-22(28-20-9-8-16(3)10-21(20)27-4)26-23(25-19)29-14-18-7-5-6-17(11-18)13-24/h5-12,15H,14H2,1-4H3. The number of benzene rings is 2. The summed E-state index contributed by atoms with van der Waals surface area (Å²) in [6.45, 7) is 6.18. The molecule has 1 heterocycles. The van der Waals surface area contributed by atoms with Gasteiger partial charge in [0, 0.05) is 11.8 Å². The fourth-order valence-electron chi connectivity index (χ4n) is 2.68. The molecule has 0 atom stereocenters. The third-order valence-corrected chi connectivity index (χ3v) is 5.17. The van der Waals surface area contributed by atoms with Gasteiger partial charge in [-0.05, 0) is 48.2 Å². The van der Waals surface area contributed by atoms with Crippen molar-refractivity contribution < 1.29 is 9.47 Å². The zero-order valence-corrected chi connectivity index (χ0v) is 17.8. The summed E-state index contributed by atoms with van der Waals surface area (Å²) in [5.74, 6) is 2.67. The van der Waals surface area contributed by atoms with Gasteiger partial charge in [-0.15, -0.1) is 0 Å². The van der Waals surface area contributed by atoms with Crippen molar-refractivity contribution in [2.45, 2.75) is 37.6 Å². The van der Waals surface area contributed by atoms with Crippen LogP contribution in [-0.2, 0) is 5.75 Å². The van der Waals surface area contributed by atoms with Crippen LogP contribution in [0, 0.1) is 18.3 Å². The predicted octanol–water partition coefficient (Wildman–Crippen LogP) is 5.87. The molecule has 2 aromatic carbocycles. The van der Waals surface area contributed by atoms with Crippen LogP contribution in [0.1, 0.15) is 42.1 Å². The number of aryl methyl sites for hydroxylation is 1. The van der Waals surface area contributed by atoms with Crippen molar-refractivity contribution in [3.63, 3.8) is 0 Å². The second-order valence-corrected chi connectivity index (χ2v) is 7.87. The van der Waals surface area contributed by atoms with Crippen LogP contribution in [0.15, 0.2) is 53.7 Å². The molecule has 0 aliphatic carbocycles. The van der Waals surface area contributed by atoms with Gasteiger partial charge in [0.2, 0.25) is 5.88 Å². The molecule has 0 saturated carbocycles. The molecule has 0 fully saturated rings. The highest BCUT2D eigenvalue weighted by molar-refractivity contribution is 7.98. The largest absolute Gasteiger partial charge is 0.493 e. The number of rotatable bonds is 7. The number of hydrogen-bond donors (Lipinski definition) is 0. The molecular formula is C23H23N3O2S. The first-order chi connectivity index (χ1) is 14.0. The first-order valence-electron chi connectivity index (χ1n) is 9.32. The Morgan fingerprint density at radius 3 is 2.62 bits per heavy atom. The van der Waals surface area contributed by atoms with Crippen LogP contribution in [0.25, 0.3) is 0 Å². The number of aromatic nitrogens is 2. The quantitative estimate of drug-likeness (QED) is 0.361. The van der Waals surface area contributed by atoms with Gasteiger partial charge in [-0.1, -0.05) is 43.8 Å². The second-order valence-electron chi connectivity index (χ2n) is 6.93. The maximum absolute atomic E-state index is 9.07. The fourth-order valence-corrected chi connectivity index (χ4v) is 3.48. The van der Waals surface area contributed by atoms with Crippen molar-refractivity contribution in [3.8, 4) is 23.4 Å². The Morgan fingerprint density at radius 1 is 1.07 bits per heavy atom. The third kappa shape index (κ3) is 5.49. The van der Waals surface area contributed by atoms with E-state index in [1.54, 1.807) is 13.2 Å². The molecule has 5 nitrogen and oxygen atoms in total. The lowest BCUT2D eigenvalue weighted by molar-refractivity contribution is 0.371. The molecule has 0 aliphatic rings. The van der Waals surface area contributed by atoms with Gasteiger partial charge in [-0.3, -0.25) is 0 Å². The number of thioether (sulfide) groups is 1. The highest BCUT2D eigenvalue weighted by Crippen LogP contribution is 2.33. The van der Waals surface area contributed by atoms with Gasteiger partial charge in [0.1, 0.15) is 0 Å². The highest BCUT2D eigenvalue weighted by Gasteiger charge is 2.13. The van der Waals surface area contributed by atoms with Crippen LogP contribution in [0.3, 0.4) is 0 Å². The van der Waals surface area contributed by atoms with Crippen molar-refractivity contribution in [1.29, 1.82) is 5.26 Å². The normalized spacial score (nSPS) is 10.6. The molecule has 3 aromatic rings. The zero-order valence-electron chi connectivity index (χ0n) is 17.0. The maximum Gasteiger partial charge on any atom is 0.223 e. The number of hydrogen-bond acceptors (Lipinski definition) is 6. The molecule has 0 amide bonds. The summed E-state index contributed by atoms with van der Waals surface area (Å²) in [5.41, 5.74) is 3.70. The summed E-state index contributed by atoms with van der Waals surface area (Å²) in [5, 5.41) is 9.71. The molecule has 0 N–H and O–H groups in total. The molecule has 1 aromatic heterocycles. The smallest absolute Gasteiger partial charge is 0.223 e.